The minimum Gasteiger partial charge on any atom is -0.486 e. The van der Waals surface area contributed by atoms with Crippen LogP contribution in [-0.2, 0) is 13.6 Å². The van der Waals surface area contributed by atoms with Crippen molar-refractivity contribution in [2.75, 3.05) is 13.2 Å². The maximum absolute atomic E-state index is 9.05. The molecule has 0 saturated heterocycles. The molecule has 0 fully saturated rings. The van der Waals surface area contributed by atoms with Crippen LogP contribution in [0.1, 0.15) is 17.0 Å². The lowest BCUT2D eigenvalue weighted by Crippen LogP contribution is -2.38. The van der Waals surface area contributed by atoms with Gasteiger partial charge in [-0.2, -0.15) is 5.26 Å². The fourth-order valence-electron chi connectivity index (χ4n) is 2.58. The van der Waals surface area contributed by atoms with Gasteiger partial charge in [-0.05, 0) is 30.7 Å². The van der Waals surface area contributed by atoms with E-state index in [0.717, 1.165) is 22.8 Å². The van der Waals surface area contributed by atoms with E-state index in [1.54, 1.807) is 0 Å². The van der Waals surface area contributed by atoms with Gasteiger partial charge < -0.3 is 19.4 Å². The molecule has 22 heavy (non-hydrogen) atoms. The van der Waals surface area contributed by atoms with E-state index < -0.39 is 0 Å². The Kier molecular flexibility index (Phi) is 4.03. The van der Waals surface area contributed by atoms with Crippen molar-refractivity contribution in [3.05, 3.63) is 47.3 Å². The lowest BCUT2D eigenvalue weighted by molar-refractivity contribution is 0.0902. The highest BCUT2D eigenvalue weighted by molar-refractivity contribution is 5.40. The third kappa shape index (κ3) is 2.78. The molecular formula is C17H19N3O2. The van der Waals surface area contributed by atoms with Crippen molar-refractivity contribution in [2.24, 2.45) is 7.05 Å². The van der Waals surface area contributed by atoms with Crippen molar-refractivity contribution < 1.29 is 9.47 Å². The number of rotatable bonds is 4. The second-order valence-corrected chi connectivity index (χ2v) is 5.44. The van der Waals surface area contributed by atoms with Crippen LogP contribution in [0.2, 0.25) is 0 Å². The second kappa shape index (κ2) is 6.12. The Morgan fingerprint density at radius 1 is 1.36 bits per heavy atom. The van der Waals surface area contributed by atoms with Crippen LogP contribution in [-0.4, -0.2) is 23.8 Å². The van der Waals surface area contributed by atoms with Gasteiger partial charge in [0.1, 0.15) is 24.5 Å². The van der Waals surface area contributed by atoms with Gasteiger partial charge in [-0.3, -0.25) is 0 Å². The predicted octanol–water partition coefficient (Wildman–Crippen LogP) is 2.13. The Hall–Kier alpha value is -2.45. The highest BCUT2D eigenvalue weighted by Crippen LogP contribution is 2.30. The van der Waals surface area contributed by atoms with E-state index in [-0.39, 0.29) is 6.10 Å². The number of hydrogen-bond donors (Lipinski definition) is 1. The minimum absolute atomic E-state index is 0.00523. The van der Waals surface area contributed by atoms with Gasteiger partial charge in [0.25, 0.3) is 0 Å². The van der Waals surface area contributed by atoms with E-state index in [1.165, 1.54) is 0 Å². The lowest BCUT2D eigenvalue weighted by atomic mass is 10.2. The molecule has 0 amide bonds. The normalized spacial score (nSPS) is 16.3. The first-order chi connectivity index (χ1) is 10.7. The molecule has 0 spiro atoms. The van der Waals surface area contributed by atoms with Crippen LogP contribution < -0.4 is 14.8 Å². The maximum Gasteiger partial charge on any atom is 0.161 e. The number of nitriles is 1. The van der Waals surface area contributed by atoms with E-state index >= 15 is 0 Å². The molecule has 0 saturated carbocycles. The van der Waals surface area contributed by atoms with E-state index in [1.807, 2.05) is 48.9 Å². The Morgan fingerprint density at radius 3 is 2.86 bits per heavy atom. The number of benzene rings is 1. The summed E-state index contributed by atoms with van der Waals surface area (Å²) >= 11 is 0. The van der Waals surface area contributed by atoms with E-state index in [9.17, 15) is 0 Å². The Balaban J connectivity index is 1.55. The van der Waals surface area contributed by atoms with Gasteiger partial charge >= 0.3 is 0 Å². The van der Waals surface area contributed by atoms with Gasteiger partial charge in [0, 0.05) is 25.8 Å². The third-order valence-corrected chi connectivity index (χ3v) is 4.01. The van der Waals surface area contributed by atoms with Crippen molar-refractivity contribution in [3.8, 4) is 17.6 Å². The number of ether oxygens (including phenoxy) is 2. The summed E-state index contributed by atoms with van der Waals surface area (Å²) in [5.41, 5.74) is 2.92. The zero-order valence-electron chi connectivity index (χ0n) is 12.8. The molecule has 5 nitrogen and oxygen atoms in total. The molecule has 0 radical (unpaired) electrons. The first kappa shape index (κ1) is 14.5. The summed E-state index contributed by atoms with van der Waals surface area (Å²) in [7, 11) is 1.91. The van der Waals surface area contributed by atoms with Crippen molar-refractivity contribution in [1.29, 1.82) is 5.26 Å². The van der Waals surface area contributed by atoms with E-state index in [2.05, 4.69) is 11.4 Å². The van der Waals surface area contributed by atoms with Gasteiger partial charge in [0.05, 0.1) is 0 Å². The molecule has 1 aromatic heterocycles. The van der Waals surface area contributed by atoms with Gasteiger partial charge in [-0.15, -0.1) is 0 Å². The molecule has 1 aliphatic rings. The minimum atomic E-state index is -0.00523. The quantitative estimate of drug-likeness (QED) is 0.939. The summed E-state index contributed by atoms with van der Waals surface area (Å²) in [4.78, 5) is 0. The Bertz CT molecular complexity index is 715. The largest absolute Gasteiger partial charge is 0.486 e. The van der Waals surface area contributed by atoms with Crippen LogP contribution in [0.5, 0.6) is 11.5 Å². The van der Waals surface area contributed by atoms with Gasteiger partial charge in [-0.1, -0.05) is 12.1 Å². The molecule has 1 atom stereocenters. The molecule has 114 valence electrons. The molecule has 1 N–H and O–H groups in total. The lowest BCUT2D eigenvalue weighted by Gasteiger charge is -2.26. The first-order valence-corrected chi connectivity index (χ1v) is 7.33. The average molecular weight is 297 g/mol. The second-order valence-electron chi connectivity index (χ2n) is 5.44. The molecule has 1 aromatic carbocycles. The van der Waals surface area contributed by atoms with Gasteiger partial charge in [-0.25, -0.2) is 0 Å². The highest BCUT2D eigenvalue weighted by atomic mass is 16.6. The molecular weight excluding hydrogens is 278 g/mol. The van der Waals surface area contributed by atoms with Crippen LogP contribution in [0.15, 0.2) is 30.3 Å². The topological polar surface area (TPSA) is 59.2 Å². The molecule has 5 heteroatoms. The predicted molar refractivity (Wildman–Crippen MR) is 82.9 cm³/mol. The molecule has 2 heterocycles. The maximum atomic E-state index is 9.05. The number of para-hydroxylation sites is 2. The summed E-state index contributed by atoms with van der Waals surface area (Å²) in [5, 5.41) is 12.4. The van der Waals surface area contributed by atoms with Crippen LogP contribution in [0.25, 0.3) is 0 Å². The standard InChI is InChI=1S/C17H19N3O2/c1-12-13(7-14(8-18)20(12)2)9-19-10-15-11-21-16-5-3-4-6-17(16)22-15/h3-7,15,19H,9-11H2,1-2H3/t15-/m0/s1. The average Bonchev–Trinajstić information content (AvgIpc) is 2.82. The summed E-state index contributed by atoms with van der Waals surface area (Å²) in [6, 6.07) is 11.8. The summed E-state index contributed by atoms with van der Waals surface area (Å²) < 4.78 is 13.5. The molecule has 0 unspecified atom stereocenters. The van der Waals surface area contributed by atoms with Crippen molar-refractivity contribution in [1.82, 2.24) is 9.88 Å². The molecule has 3 rings (SSSR count). The Morgan fingerprint density at radius 2 is 2.14 bits per heavy atom. The molecule has 2 aromatic rings. The number of aromatic nitrogens is 1. The van der Waals surface area contributed by atoms with Crippen molar-refractivity contribution >= 4 is 0 Å². The number of fused-ring (bicyclic) bond motifs is 1. The smallest absolute Gasteiger partial charge is 0.161 e. The number of nitrogens with zero attached hydrogens (tertiary/aromatic N) is 2. The van der Waals surface area contributed by atoms with Crippen LogP contribution >= 0.6 is 0 Å². The third-order valence-electron chi connectivity index (χ3n) is 4.01. The van der Waals surface area contributed by atoms with Crippen molar-refractivity contribution in [2.45, 2.75) is 19.6 Å². The van der Waals surface area contributed by atoms with E-state index in [4.69, 9.17) is 14.7 Å². The number of hydrogen-bond acceptors (Lipinski definition) is 4. The van der Waals surface area contributed by atoms with Gasteiger partial charge in [0.2, 0.25) is 0 Å². The zero-order valence-corrected chi connectivity index (χ0v) is 12.8. The van der Waals surface area contributed by atoms with Crippen molar-refractivity contribution in [3.63, 3.8) is 0 Å². The van der Waals surface area contributed by atoms with Crippen LogP contribution in [0, 0.1) is 18.3 Å². The van der Waals surface area contributed by atoms with Crippen LogP contribution in [0.3, 0.4) is 0 Å². The monoisotopic (exact) mass is 297 g/mol. The van der Waals surface area contributed by atoms with Gasteiger partial charge in [0.15, 0.2) is 11.5 Å². The fourth-order valence-corrected chi connectivity index (χ4v) is 2.58. The van der Waals surface area contributed by atoms with Crippen LogP contribution in [0.4, 0.5) is 0 Å². The van der Waals surface area contributed by atoms with E-state index in [0.29, 0.717) is 25.4 Å². The molecule has 1 aliphatic heterocycles. The highest BCUT2D eigenvalue weighted by Gasteiger charge is 2.20. The number of nitrogens with one attached hydrogen (secondary N) is 1. The SMILES string of the molecule is Cc1c(CNC[C@H]2COc3ccccc3O2)cc(C#N)n1C. The Labute approximate surface area is 130 Å². The fraction of sp³-hybridized carbons (Fsp3) is 0.353. The summed E-state index contributed by atoms with van der Waals surface area (Å²) in [5.74, 6) is 1.60. The summed E-state index contributed by atoms with van der Waals surface area (Å²) in [6.45, 7) is 3.98. The zero-order chi connectivity index (χ0) is 15.5. The molecule has 0 aliphatic carbocycles. The first-order valence-electron chi connectivity index (χ1n) is 7.33. The summed E-state index contributed by atoms with van der Waals surface area (Å²) in [6.07, 6.45) is -0.00523. The molecule has 0 bridgehead atoms.